The van der Waals surface area contributed by atoms with Gasteiger partial charge in [0.1, 0.15) is 23.1 Å². The molecule has 3 aliphatic rings. The maximum Gasteiger partial charge on any atom is 0.502 e. The quantitative estimate of drug-likeness (QED) is 0.554. The number of methoxy groups -OCH3 is 2. The highest BCUT2D eigenvalue weighted by Crippen LogP contribution is 2.30. The maximum absolute atomic E-state index is 13.4. The molecule has 3 heterocycles. The van der Waals surface area contributed by atoms with Crippen molar-refractivity contribution >= 4 is 29.2 Å². The summed E-state index contributed by atoms with van der Waals surface area (Å²) < 4.78 is 27.7. The first-order valence-electron chi connectivity index (χ1n) is 10.9. The number of amides is 4. The van der Waals surface area contributed by atoms with E-state index in [1.807, 2.05) is 0 Å². The van der Waals surface area contributed by atoms with Crippen molar-refractivity contribution in [2.45, 2.75) is 19.6 Å². The molecule has 13 heteroatoms. The molecular formula is C23H22N5O8+. The van der Waals surface area contributed by atoms with Crippen LogP contribution in [0.4, 0.5) is 10.5 Å². The standard InChI is InChI=1S/C23H21N5O8/c1-12-24-21(36-26-12)10-28-22(30)14-7-18-19(35-11-34-18)8-15(14)27(23(28)31)9-20(29)25-13-4-5-16(32-2)17(6-13)33-3/h4-8,18H,9-11H2,1-3H3/p+1. The van der Waals surface area contributed by atoms with E-state index in [4.69, 9.17) is 23.5 Å². The molecule has 1 unspecified atom stereocenters. The molecule has 1 N–H and O–H groups in total. The summed E-state index contributed by atoms with van der Waals surface area (Å²) in [7, 11) is 2.99. The number of nitrogens with zero attached hydrogens (tertiary/aromatic N) is 4. The van der Waals surface area contributed by atoms with Gasteiger partial charge in [-0.05, 0) is 25.1 Å². The predicted molar refractivity (Wildman–Crippen MR) is 120 cm³/mol. The third-order valence-electron chi connectivity index (χ3n) is 5.69. The number of hydrogen-bond donors (Lipinski definition) is 1. The van der Waals surface area contributed by atoms with Gasteiger partial charge in [0.05, 0.1) is 14.2 Å². The van der Waals surface area contributed by atoms with Gasteiger partial charge in [-0.25, -0.2) is 4.79 Å². The van der Waals surface area contributed by atoms with Crippen molar-refractivity contribution in [3.05, 3.63) is 53.4 Å². The van der Waals surface area contributed by atoms with E-state index >= 15 is 0 Å². The molecule has 4 amide bonds. The number of allylic oxidation sites excluding steroid dienone is 1. The number of nitrogens with one attached hydrogen (secondary N) is 1. The molecule has 1 aromatic heterocycles. The molecule has 0 bridgehead atoms. The Morgan fingerprint density at radius 3 is 2.78 bits per heavy atom. The zero-order chi connectivity index (χ0) is 25.4. The number of fused-ring (bicyclic) bond motifs is 2. The summed E-state index contributed by atoms with van der Waals surface area (Å²) >= 11 is 0. The van der Waals surface area contributed by atoms with Crippen LogP contribution in [0, 0.1) is 6.92 Å². The summed E-state index contributed by atoms with van der Waals surface area (Å²) in [4.78, 5) is 44.7. The molecule has 0 spiro atoms. The fourth-order valence-corrected chi connectivity index (χ4v) is 4.02. The number of imide groups is 1. The third kappa shape index (κ3) is 4.20. The second-order valence-corrected chi connectivity index (χ2v) is 7.98. The molecule has 1 aliphatic carbocycles. The fraction of sp³-hybridized carbons (Fsp3) is 0.304. The predicted octanol–water partition coefficient (Wildman–Crippen LogP) is 1.15. The molecule has 1 fully saturated rings. The molecule has 5 rings (SSSR count). The summed E-state index contributed by atoms with van der Waals surface area (Å²) in [6.07, 6.45) is 2.55. The Morgan fingerprint density at radius 1 is 1.25 bits per heavy atom. The van der Waals surface area contributed by atoms with Crippen LogP contribution < -0.4 is 14.8 Å². The van der Waals surface area contributed by atoms with Gasteiger partial charge in [0, 0.05) is 17.8 Å². The van der Waals surface area contributed by atoms with Crippen LogP contribution in [-0.4, -0.2) is 76.8 Å². The van der Waals surface area contributed by atoms with E-state index in [0.29, 0.717) is 28.8 Å². The van der Waals surface area contributed by atoms with Gasteiger partial charge in [-0.2, -0.15) is 14.4 Å². The van der Waals surface area contributed by atoms with Gasteiger partial charge in [-0.3, -0.25) is 4.79 Å². The summed E-state index contributed by atoms with van der Waals surface area (Å²) in [5, 5.41) is 6.43. The third-order valence-corrected chi connectivity index (χ3v) is 5.69. The van der Waals surface area contributed by atoms with Crippen LogP contribution in [0.3, 0.4) is 0 Å². The van der Waals surface area contributed by atoms with Crippen LogP contribution in [-0.2, 0) is 25.6 Å². The number of carbonyl (C=O) groups excluding carboxylic acids is 3. The zero-order valence-electron chi connectivity index (χ0n) is 19.6. The summed E-state index contributed by atoms with van der Waals surface area (Å²) in [5.74, 6) is 0.738. The lowest BCUT2D eigenvalue weighted by Crippen LogP contribution is -2.53. The van der Waals surface area contributed by atoms with Crippen LogP contribution in [0.5, 0.6) is 11.5 Å². The number of carbonyl (C=O) groups is 3. The van der Waals surface area contributed by atoms with Crippen LogP contribution >= 0.6 is 0 Å². The molecule has 2 aliphatic heterocycles. The van der Waals surface area contributed by atoms with E-state index in [0.717, 1.165) is 4.90 Å². The molecule has 36 heavy (non-hydrogen) atoms. The number of anilines is 1. The average Bonchev–Trinajstić information content (AvgIpc) is 3.51. The Kier molecular flexibility index (Phi) is 5.98. The monoisotopic (exact) mass is 496 g/mol. The highest BCUT2D eigenvalue weighted by atomic mass is 16.7. The lowest BCUT2D eigenvalue weighted by Gasteiger charge is -2.24. The topological polar surface area (TPSA) is 145 Å². The average molecular weight is 496 g/mol. The number of urea groups is 1. The van der Waals surface area contributed by atoms with E-state index in [1.54, 1.807) is 37.3 Å². The minimum atomic E-state index is -0.723. The minimum absolute atomic E-state index is 0.0143. The fourth-order valence-electron chi connectivity index (χ4n) is 4.02. The molecule has 1 atom stereocenters. The Morgan fingerprint density at radius 2 is 2.06 bits per heavy atom. The summed E-state index contributed by atoms with van der Waals surface area (Å²) in [6, 6.07) is 4.16. The Hall–Kier alpha value is -4.52. The minimum Gasteiger partial charge on any atom is -0.493 e. The van der Waals surface area contributed by atoms with Crippen LogP contribution in [0.25, 0.3) is 0 Å². The first-order chi connectivity index (χ1) is 17.4. The largest absolute Gasteiger partial charge is 0.502 e. The van der Waals surface area contributed by atoms with Gasteiger partial charge < -0.3 is 28.8 Å². The first-order valence-corrected chi connectivity index (χ1v) is 10.9. The van der Waals surface area contributed by atoms with E-state index in [1.165, 1.54) is 18.8 Å². The smallest absolute Gasteiger partial charge is 0.493 e. The zero-order valence-corrected chi connectivity index (χ0v) is 19.6. The number of ether oxygens (including phenoxy) is 4. The van der Waals surface area contributed by atoms with Crippen LogP contribution in [0.1, 0.15) is 11.7 Å². The molecule has 0 radical (unpaired) electrons. The number of benzene rings is 1. The Bertz CT molecular complexity index is 1360. The lowest BCUT2D eigenvalue weighted by atomic mass is 9.97. The summed E-state index contributed by atoms with van der Waals surface area (Å²) in [5.41, 5.74) is 0.873. The molecular weight excluding hydrogens is 474 g/mol. The normalized spacial score (nSPS) is 18.8. The van der Waals surface area contributed by atoms with Gasteiger partial charge >= 0.3 is 11.9 Å². The van der Waals surface area contributed by atoms with E-state index < -0.39 is 23.9 Å². The Labute approximate surface area is 204 Å². The second-order valence-electron chi connectivity index (χ2n) is 7.98. The lowest BCUT2D eigenvalue weighted by molar-refractivity contribution is -0.424. The highest BCUT2D eigenvalue weighted by Gasteiger charge is 2.48. The van der Waals surface area contributed by atoms with Crippen molar-refractivity contribution in [3.8, 4) is 11.5 Å². The maximum atomic E-state index is 13.4. The van der Waals surface area contributed by atoms with E-state index in [-0.39, 0.29) is 37.1 Å². The molecule has 2 aromatic rings. The van der Waals surface area contributed by atoms with Gasteiger partial charge in [-0.15, -0.1) is 4.90 Å². The van der Waals surface area contributed by atoms with Gasteiger partial charge in [0.15, 0.2) is 37.2 Å². The number of hydrogen-bond acceptors (Lipinski definition) is 10. The van der Waals surface area contributed by atoms with Crippen molar-refractivity contribution < 1.29 is 42.4 Å². The van der Waals surface area contributed by atoms with E-state index in [9.17, 15) is 14.4 Å². The van der Waals surface area contributed by atoms with Crippen LogP contribution in [0.15, 0.2) is 46.2 Å². The van der Waals surface area contributed by atoms with Crippen molar-refractivity contribution in [2.75, 3.05) is 32.9 Å². The van der Waals surface area contributed by atoms with Crippen LogP contribution in [0.2, 0.25) is 0 Å². The molecule has 13 nitrogen and oxygen atoms in total. The molecule has 0 saturated carbocycles. The van der Waals surface area contributed by atoms with Crippen molar-refractivity contribution in [3.63, 3.8) is 0 Å². The van der Waals surface area contributed by atoms with Crippen molar-refractivity contribution in [1.82, 2.24) is 15.0 Å². The Balaban J connectivity index is 1.46. The SMILES string of the molecule is COc1ccc(NC(=O)C[N+]2=C3C=C4OCOC4C=C3C(=O)N(Cc3nc(C)no3)C2=O)cc1OC. The number of aryl methyl sites for hydroxylation is 1. The van der Waals surface area contributed by atoms with Gasteiger partial charge in [0.25, 0.3) is 11.8 Å². The molecule has 1 aromatic carbocycles. The molecule has 186 valence electrons. The van der Waals surface area contributed by atoms with E-state index in [2.05, 4.69) is 15.5 Å². The second kappa shape index (κ2) is 9.26. The number of aromatic nitrogens is 2. The van der Waals surface area contributed by atoms with Crippen molar-refractivity contribution in [2.24, 2.45) is 0 Å². The van der Waals surface area contributed by atoms with Gasteiger partial charge in [0.2, 0.25) is 0 Å². The summed E-state index contributed by atoms with van der Waals surface area (Å²) in [6.45, 7) is 0.995. The number of rotatable bonds is 7. The molecule has 1 saturated heterocycles. The first kappa shape index (κ1) is 23.2. The highest BCUT2D eigenvalue weighted by molar-refractivity contribution is 6.29. The van der Waals surface area contributed by atoms with Gasteiger partial charge in [-0.1, -0.05) is 5.16 Å². The van der Waals surface area contributed by atoms with Crippen molar-refractivity contribution in [1.29, 1.82) is 0 Å².